The molecule has 6 heteroatoms. The van der Waals surface area contributed by atoms with Gasteiger partial charge in [0.25, 0.3) is 5.91 Å². The summed E-state index contributed by atoms with van der Waals surface area (Å²) in [7, 11) is 0. The summed E-state index contributed by atoms with van der Waals surface area (Å²) in [6, 6.07) is 15.6. The molecule has 160 valence electrons. The van der Waals surface area contributed by atoms with Crippen molar-refractivity contribution in [3.63, 3.8) is 0 Å². The molecule has 31 heavy (non-hydrogen) atoms. The minimum Gasteiger partial charge on any atom is -0.361 e. The molecule has 0 spiro atoms. The molecule has 2 heterocycles. The lowest BCUT2D eigenvalue weighted by molar-refractivity contribution is 0.0773. The average Bonchev–Trinajstić information content (AvgIpc) is 3.21. The first-order chi connectivity index (χ1) is 15.0. The minimum atomic E-state index is -0.193. The summed E-state index contributed by atoms with van der Waals surface area (Å²) < 4.78 is 0. The highest BCUT2D eigenvalue weighted by Gasteiger charge is 2.20. The van der Waals surface area contributed by atoms with Gasteiger partial charge in [-0.15, -0.1) is 0 Å². The lowest BCUT2D eigenvalue weighted by atomic mass is 9.98. The van der Waals surface area contributed by atoms with E-state index in [1.165, 1.54) is 16.5 Å². The van der Waals surface area contributed by atoms with E-state index in [0.29, 0.717) is 25.2 Å². The molecular formula is C25H28N4O2. The van der Waals surface area contributed by atoms with Gasteiger partial charge in [-0.05, 0) is 49.6 Å². The number of carbonyl (C=O) groups is 2. The van der Waals surface area contributed by atoms with Crippen LogP contribution >= 0.6 is 0 Å². The molecular weight excluding hydrogens is 388 g/mol. The Morgan fingerprint density at radius 1 is 1.10 bits per heavy atom. The van der Waals surface area contributed by atoms with Crippen molar-refractivity contribution in [2.75, 3.05) is 13.1 Å². The number of aromatic amines is 1. The standard InChI is InChI=1S/C25H28N4O2/c1-17(2)28-25(31)27-15-18-7-9-20(10-8-18)24(30)29-13-11-19(12-14-29)22-16-26-23-6-4-3-5-21(22)23/h3-11,16-17,26H,12-15H2,1-2H3,(H2,27,28,31). The normalized spacial score (nSPS) is 13.9. The van der Waals surface area contributed by atoms with Gasteiger partial charge >= 0.3 is 6.03 Å². The number of urea groups is 1. The van der Waals surface area contributed by atoms with Crippen molar-refractivity contribution in [2.24, 2.45) is 0 Å². The van der Waals surface area contributed by atoms with Crippen molar-refractivity contribution in [3.05, 3.63) is 77.5 Å². The Morgan fingerprint density at radius 3 is 2.58 bits per heavy atom. The molecule has 0 saturated heterocycles. The van der Waals surface area contributed by atoms with Gasteiger partial charge in [0, 0.05) is 53.9 Å². The summed E-state index contributed by atoms with van der Waals surface area (Å²) in [5, 5.41) is 6.83. The van der Waals surface area contributed by atoms with E-state index in [9.17, 15) is 9.59 Å². The second-order valence-corrected chi connectivity index (χ2v) is 8.16. The maximum Gasteiger partial charge on any atom is 0.315 e. The van der Waals surface area contributed by atoms with E-state index in [0.717, 1.165) is 17.5 Å². The smallest absolute Gasteiger partial charge is 0.315 e. The Labute approximate surface area is 182 Å². The first-order valence-corrected chi connectivity index (χ1v) is 10.7. The summed E-state index contributed by atoms with van der Waals surface area (Å²) in [6.07, 6.45) is 5.05. The van der Waals surface area contributed by atoms with Crippen molar-refractivity contribution >= 4 is 28.4 Å². The highest BCUT2D eigenvalue weighted by Crippen LogP contribution is 2.29. The number of amides is 3. The number of carbonyl (C=O) groups excluding carboxylic acids is 2. The number of para-hydroxylation sites is 1. The molecule has 1 aromatic heterocycles. The predicted molar refractivity (Wildman–Crippen MR) is 124 cm³/mol. The molecule has 0 aliphatic carbocycles. The summed E-state index contributed by atoms with van der Waals surface area (Å²) in [5.74, 6) is 0.0336. The number of hydrogen-bond acceptors (Lipinski definition) is 2. The summed E-state index contributed by atoms with van der Waals surface area (Å²) in [5.41, 5.74) is 5.26. The highest BCUT2D eigenvalue weighted by atomic mass is 16.2. The maximum absolute atomic E-state index is 12.9. The zero-order chi connectivity index (χ0) is 21.8. The molecule has 6 nitrogen and oxygen atoms in total. The third-order valence-corrected chi connectivity index (χ3v) is 5.51. The Bertz CT molecular complexity index is 1110. The van der Waals surface area contributed by atoms with Gasteiger partial charge in [0.2, 0.25) is 0 Å². The molecule has 3 N–H and O–H groups in total. The molecule has 0 saturated carbocycles. The molecule has 3 amide bonds. The van der Waals surface area contributed by atoms with Crippen LogP contribution in [0.15, 0.2) is 60.8 Å². The fourth-order valence-corrected chi connectivity index (χ4v) is 3.88. The van der Waals surface area contributed by atoms with Crippen LogP contribution < -0.4 is 10.6 Å². The summed E-state index contributed by atoms with van der Waals surface area (Å²) in [4.78, 5) is 29.8. The van der Waals surface area contributed by atoms with Crippen LogP contribution in [0.5, 0.6) is 0 Å². The van der Waals surface area contributed by atoms with E-state index in [4.69, 9.17) is 0 Å². The molecule has 3 aromatic rings. The van der Waals surface area contributed by atoms with Crippen LogP contribution in [-0.4, -0.2) is 41.0 Å². The van der Waals surface area contributed by atoms with Crippen LogP contribution in [0.1, 0.15) is 41.8 Å². The fourth-order valence-electron chi connectivity index (χ4n) is 3.88. The highest BCUT2D eigenvalue weighted by molar-refractivity contribution is 5.96. The minimum absolute atomic E-state index is 0.0336. The number of aromatic nitrogens is 1. The first-order valence-electron chi connectivity index (χ1n) is 10.7. The van der Waals surface area contributed by atoms with E-state index in [1.54, 1.807) is 0 Å². The number of hydrogen-bond donors (Lipinski definition) is 3. The van der Waals surface area contributed by atoms with E-state index >= 15 is 0 Å². The van der Waals surface area contributed by atoms with Gasteiger partial charge in [-0.1, -0.05) is 36.4 Å². The second kappa shape index (κ2) is 9.08. The number of benzene rings is 2. The van der Waals surface area contributed by atoms with E-state index in [-0.39, 0.29) is 18.0 Å². The van der Waals surface area contributed by atoms with Crippen LogP contribution in [0.25, 0.3) is 16.5 Å². The van der Waals surface area contributed by atoms with Crippen molar-refractivity contribution in [3.8, 4) is 0 Å². The number of rotatable bonds is 5. The van der Waals surface area contributed by atoms with Crippen LogP contribution in [-0.2, 0) is 6.54 Å². The van der Waals surface area contributed by atoms with Gasteiger partial charge in [-0.2, -0.15) is 0 Å². The molecule has 0 bridgehead atoms. The average molecular weight is 417 g/mol. The van der Waals surface area contributed by atoms with Crippen molar-refractivity contribution in [2.45, 2.75) is 32.9 Å². The van der Waals surface area contributed by atoms with E-state index in [2.05, 4.69) is 46.1 Å². The Hall–Kier alpha value is -3.54. The van der Waals surface area contributed by atoms with Gasteiger partial charge < -0.3 is 20.5 Å². The molecule has 4 rings (SSSR count). The van der Waals surface area contributed by atoms with Crippen LogP contribution in [0.3, 0.4) is 0 Å². The third kappa shape index (κ3) is 4.79. The number of H-pyrrole nitrogens is 1. The van der Waals surface area contributed by atoms with E-state index in [1.807, 2.05) is 49.1 Å². The molecule has 1 aliphatic rings. The molecule has 0 atom stereocenters. The van der Waals surface area contributed by atoms with Gasteiger partial charge in [0.15, 0.2) is 0 Å². The second-order valence-electron chi connectivity index (χ2n) is 8.16. The number of nitrogens with one attached hydrogen (secondary N) is 3. The monoisotopic (exact) mass is 416 g/mol. The van der Waals surface area contributed by atoms with Gasteiger partial charge in [-0.25, -0.2) is 4.79 Å². The predicted octanol–water partition coefficient (Wildman–Crippen LogP) is 4.31. The molecule has 0 radical (unpaired) electrons. The topological polar surface area (TPSA) is 77.2 Å². The molecule has 0 fully saturated rings. The lowest BCUT2D eigenvalue weighted by Crippen LogP contribution is -2.39. The van der Waals surface area contributed by atoms with Crippen molar-refractivity contribution < 1.29 is 9.59 Å². The third-order valence-electron chi connectivity index (χ3n) is 5.51. The van der Waals surface area contributed by atoms with Crippen molar-refractivity contribution in [1.82, 2.24) is 20.5 Å². The number of nitrogens with zero attached hydrogens (tertiary/aromatic N) is 1. The SMILES string of the molecule is CC(C)NC(=O)NCc1ccc(C(=O)N2CC=C(c3c[nH]c4ccccc34)CC2)cc1. The summed E-state index contributed by atoms with van der Waals surface area (Å²) in [6.45, 7) is 5.56. The fraction of sp³-hybridized carbons (Fsp3) is 0.280. The number of fused-ring (bicyclic) bond motifs is 1. The lowest BCUT2D eigenvalue weighted by Gasteiger charge is -2.26. The van der Waals surface area contributed by atoms with Gasteiger partial charge in [0.05, 0.1) is 0 Å². The molecule has 1 aliphatic heterocycles. The first kappa shape index (κ1) is 20.7. The van der Waals surface area contributed by atoms with Crippen molar-refractivity contribution in [1.29, 1.82) is 0 Å². The van der Waals surface area contributed by atoms with E-state index < -0.39 is 0 Å². The zero-order valence-corrected chi connectivity index (χ0v) is 17.9. The zero-order valence-electron chi connectivity index (χ0n) is 17.9. The molecule has 0 unspecified atom stereocenters. The van der Waals surface area contributed by atoms with Gasteiger partial charge in [0.1, 0.15) is 0 Å². The van der Waals surface area contributed by atoms with Crippen LogP contribution in [0.4, 0.5) is 4.79 Å². The quantitative estimate of drug-likeness (QED) is 0.580. The van der Waals surface area contributed by atoms with Crippen LogP contribution in [0, 0.1) is 0 Å². The Morgan fingerprint density at radius 2 is 1.87 bits per heavy atom. The van der Waals surface area contributed by atoms with Gasteiger partial charge in [-0.3, -0.25) is 4.79 Å². The summed E-state index contributed by atoms with van der Waals surface area (Å²) >= 11 is 0. The largest absolute Gasteiger partial charge is 0.361 e. The maximum atomic E-state index is 12.9. The Kier molecular flexibility index (Phi) is 6.07. The Balaban J connectivity index is 1.36. The van der Waals surface area contributed by atoms with Crippen LogP contribution in [0.2, 0.25) is 0 Å². The molecule has 2 aromatic carbocycles.